The van der Waals surface area contributed by atoms with E-state index in [1.54, 1.807) is 11.9 Å². The molecule has 0 spiro atoms. The molecule has 0 unspecified atom stereocenters. The molecule has 1 aromatic rings. The molecule has 7 nitrogen and oxygen atoms in total. The number of carbonyl (C=O) groups is 1. The van der Waals surface area contributed by atoms with Gasteiger partial charge in [-0.2, -0.15) is 4.98 Å². The lowest BCUT2D eigenvalue weighted by molar-refractivity contribution is 0.161. The molecule has 2 fully saturated rings. The molecule has 2 amide bonds. The molecule has 3 rings (SSSR count). The molecule has 1 saturated heterocycles. The Kier molecular flexibility index (Phi) is 6.29. The largest absolute Gasteiger partial charge is 0.337 e. The van der Waals surface area contributed by atoms with Crippen molar-refractivity contribution in [3.63, 3.8) is 0 Å². The zero-order chi connectivity index (χ0) is 17.6. The lowest BCUT2D eigenvalue weighted by atomic mass is 10.0. The predicted molar refractivity (Wildman–Crippen MR) is 95.1 cm³/mol. The number of nitrogens with zero attached hydrogens (tertiary/aromatic N) is 4. The molecule has 7 heteroatoms. The van der Waals surface area contributed by atoms with E-state index in [-0.39, 0.29) is 12.1 Å². The molecule has 1 aliphatic heterocycles. The van der Waals surface area contributed by atoms with E-state index in [1.165, 1.54) is 32.2 Å². The van der Waals surface area contributed by atoms with Crippen molar-refractivity contribution >= 4 is 6.03 Å². The van der Waals surface area contributed by atoms with E-state index in [2.05, 4.69) is 20.4 Å². The summed E-state index contributed by atoms with van der Waals surface area (Å²) in [6.07, 6.45) is 8.42. The Labute approximate surface area is 150 Å². The summed E-state index contributed by atoms with van der Waals surface area (Å²) in [5.41, 5.74) is 0. The van der Waals surface area contributed by atoms with Gasteiger partial charge in [0.05, 0.1) is 0 Å². The van der Waals surface area contributed by atoms with Gasteiger partial charge in [-0.25, -0.2) is 4.79 Å². The fraction of sp³-hybridized carbons (Fsp3) is 0.833. The van der Waals surface area contributed by atoms with Gasteiger partial charge in [0.1, 0.15) is 6.54 Å². The molecule has 1 saturated carbocycles. The molecule has 1 N–H and O–H groups in total. The second kappa shape index (κ2) is 8.65. The average Bonchev–Trinajstić information content (AvgIpc) is 3.28. The monoisotopic (exact) mass is 349 g/mol. The summed E-state index contributed by atoms with van der Waals surface area (Å²) in [6, 6.07) is 0.203. The van der Waals surface area contributed by atoms with Crippen LogP contribution in [-0.4, -0.2) is 58.7 Å². The first kappa shape index (κ1) is 18.2. The minimum atomic E-state index is -0.0644. The Bertz CT molecular complexity index is 547. The van der Waals surface area contributed by atoms with Crippen LogP contribution >= 0.6 is 0 Å². The Hall–Kier alpha value is -1.63. The van der Waals surface area contributed by atoms with Crippen LogP contribution in [0.5, 0.6) is 0 Å². The van der Waals surface area contributed by atoms with Crippen molar-refractivity contribution in [1.82, 2.24) is 25.3 Å². The van der Waals surface area contributed by atoms with Crippen LogP contribution in [0.25, 0.3) is 0 Å². The van der Waals surface area contributed by atoms with Gasteiger partial charge in [0.25, 0.3) is 0 Å². The first-order valence-electron chi connectivity index (χ1n) is 9.69. The van der Waals surface area contributed by atoms with Crippen molar-refractivity contribution in [1.29, 1.82) is 0 Å². The van der Waals surface area contributed by atoms with Crippen molar-refractivity contribution in [3.05, 3.63) is 11.7 Å². The number of likely N-dealkylation sites (tertiary alicyclic amines) is 1. The van der Waals surface area contributed by atoms with Crippen LogP contribution in [0, 0.1) is 5.92 Å². The van der Waals surface area contributed by atoms with Crippen molar-refractivity contribution in [2.75, 3.05) is 26.7 Å². The molecule has 2 aliphatic rings. The molecule has 0 atom stereocenters. The fourth-order valence-electron chi connectivity index (χ4n) is 3.88. The van der Waals surface area contributed by atoms with Crippen molar-refractivity contribution < 1.29 is 9.32 Å². The molecule has 1 aliphatic carbocycles. The Morgan fingerprint density at radius 3 is 2.64 bits per heavy atom. The average molecular weight is 349 g/mol. The maximum absolute atomic E-state index is 12.4. The van der Waals surface area contributed by atoms with E-state index < -0.39 is 0 Å². The molecule has 0 radical (unpaired) electrons. The van der Waals surface area contributed by atoms with Crippen molar-refractivity contribution in [3.8, 4) is 0 Å². The van der Waals surface area contributed by atoms with Crippen LogP contribution in [0.3, 0.4) is 0 Å². The van der Waals surface area contributed by atoms with E-state index in [4.69, 9.17) is 4.52 Å². The molecular weight excluding hydrogens is 318 g/mol. The van der Waals surface area contributed by atoms with Crippen molar-refractivity contribution in [2.45, 2.75) is 64.5 Å². The number of carbonyl (C=O) groups excluding carboxylic acids is 1. The minimum absolute atomic E-state index is 0.0644. The van der Waals surface area contributed by atoms with Gasteiger partial charge < -0.3 is 19.6 Å². The van der Waals surface area contributed by atoms with Crippen molar-refractivity contribution in [2.24, 2.45) is 5.92 Å². The van der Waals surface area contributed by atoms with Gasteiger partial charge in [0.2, 0.25) is 5.89 Å². The normalized spacial score (nSPS) is 20.1. The Morgan fingerprint density at radius 2 is 2.00 bits per heavy atom. The Morgan fingerprint density at radius 1 is 1.28 bits per heavy atom. The van der Waals surface area contributed by atoms with E-state index in [0.717, 1.165) is 38.3 Å². The number of nitrogens with one attached hydrogen (secondary N) is 1. The minimum Gasteiger partial charge on any atom is -0.337 e. The molecule has 140 valence electrons. The number of amides is 2. The quantitative estimate of drug-likeness (QED) is 0.854. The third-order valence-corrected chi connectivity index (χ3v) is 5.45. The standard InChI is InChI=1S/C18H31N5O2/c1-3-16-20-17(25-21-16)13-22(2)18(24)19-15-8-10-23(11-9-15)12-14-6-4-5-7-14/h14-15H,3-13H2,1-2H3,(H,19,24). The highest BCUT2D eigenvalue weighted by Crippen LogP contribution is 2.26. The number of aryl methyl sites for hydroxylation is 1. The van der Waals surface area contributed by atoms with Crippen LogP contribution in [0.1, 0.15) is 57.2 Å². The first-order chi connectivity index (χ1) is 12.1. The first-order valence-corrected chi connectivity index (χ1v) is 9.69. The summed E-state index contributed by atoms with van der Waals surface area (Å²) in [6.45, 7) is 5.75. The van der Waals surface area contributed by atoms with E-state index in [9.17, 15) is 4.79 Å². The lowest BCUT2D eigenvalue weighted by Gasteiger charge is -2.34. The number of hydrogen-bond acceptors (Lipinski definition) is 5. The highest BCUT2D eigenvalue weighted by atomic mass is 16.5. The van der Waals surface area contributed by atoms with Gasteiger partial charge in [-0.05, 0) is 31.6 Å². The van der Waals surface area contributed by atoms with E-state index in [0.29, 0.717) is 18.3 Å². The zero-order valence-corrected chi connectivity index (χ0v) is 15.5. The van der Waals surface area contributed by atoms with Crippen LogP contribution < -0.4 is 5.32 Å². The van der Waals surface area contributed by atoms with Crippen LogP contribution in [0.15, 0.2) is 4.52 Å². The smallest absolute Gasteiger partial charge is 0.317 e. The number of rotatable bonds is 6. The van der Waals surface area contributed by atoms with Gasteiger partial charge in [0, 0.05) is 39.1 Å². The second-order valence-electron chi connectivity index (χ2n) is 7.49. The number of piperidine rings is 1. The molecule has 2 heterocycles. The highest BCUT2D eigenvalue weighted by Gasteiger charge is 2.25. The van der Waals surface area contributed by atoms with Gasteiger partial charge in [0.15, 0.2) is 5.82 Å². The van der Waals surface area contributed by atoms with Gasteiger partial charge >= 0.3 is 6.03 Å². The van der Waals surface area contributed by atoms with Gasteiger partial charge in [-0.15, -0.1) is 0 Å². The number of aromatic nitrogens is 2. The summed E-state index contributed by atoms with van der Waals surface area (Å²) in [4.78, 5) is 20.8. The third kappa shape index (κ3) is 5.17. The Balaban J connectivity index is 1.37. The van der Waals surface area contributed by atoms with Crippen LogP contribution in [0.2, 0.25) is 0 Å². The predicted octanol–water partition coefficient (Wildman–Crippen LogP) is 2.43. The third-order valence-electron chi connectivity index (χ3n) is 5.45. The molecular formula is C18H31N5O2. The summed E-state index contributed by atoms with van der Waals surface area (Å²) in [5, 5.41) is 7.01. The second-order valence-corrected chi connectivity index (χ2v) is 7.49. The molecule has 0 aromatic carbocycles. The topological polar surface area (TPSA) is 74.5 Å². The molecule has 1 aromatic heterocycles. The van der Waals surface area contributed by atoms with E-state index in [1.807, 2.05) is 6.92 Å². The fourth-order valence-corrected chi connectivity index (χ4v) is 3.88. The maximum Gasteiger partial charge on any atom is 0.317 e. The SMILES string of the molecule is CCc1noc(CN(C)C(=O)NC2CCN(CC3CCCC3)CC2)n1. The maximum atomic E-state index is 12.4. The van der Waals surface area contributed by atoms with Gasteiger partial charge in [-0.1, -0.05) is 24.9 Å². The highest BCUT2D eigenvalue weighted by molar-refractivity contribution is 5.74. The number of urea groups is 1. The molecule has 0 bridgehead atoms. The summed E-state index contributed by atoms with van der Waals surface area (Å²) < 4.78 is 5.15. The van der Waals surface area contributed by atoms with E-state index >= 15 is 0 Å². The summed E-state index contributed by atoms with van der Waals surface area (Å²) in [5.74, 6) is 2.07. The summed E-state index contributed by atoms with van der Waals surface area (Å²) >= 11 is 0. The number of hydrogen-bond donors (Lipinski definition) is 1. The van der Waals surface area contributed by atoms with Crippen LogP contribution in [0.4, 0.5) is 4.79 Å². The summed E-state index contributed by atoms with van der Waals surface area (Å²) in [7, 11) is 1.76. The van der Waals surface area contributed by atoms with Crippen LogP contribution in [-0.2, 0) is 13.0 Å². The zero-order valence-electron chi connectivity index (χ0n) is 15.5. The van der Waals surface area contributed by atoms with Gasteiger partial charge in [-0.3, -0.25) is 0 Å². The lowest BCUT2D eigenvalue weighted by Crippen LogP contribution is -2.48. The molecule has 25 heavy (non-hydrogen) atoms.